The van der Waals surface area contributed by atoms with Crippen LogP contribution < -0.4 is 4.72 Å². The fourth-order valence-electron chi connectivity index (χ4n) is 2.26. The molecular weight excluding hydrogens is 405 g/mol. The first-order valence-electron chi connectivity index (χ1n) is 8.48. The zero-order chi connectivity index (χ0) is 21.0. The topological polar surface area (TPSA) is 129 Å². The number of hydrogen-bond donors (Lipinski definition) is 1. The quantitative estimate of drug-likeness (QED) is 0.537. The third-order valence-corrected chi connectivity index (χ3v) is 5.24. The van der Waals surface area contributed by atoms with E-state index in [1.165, 1.54) is 30.5 Å². The van der Waals surface area contributed by atoms with Crippen molar-refractivity contribution >= 4 is 16.0 Å². The predicted octanol–water partition coefficient (Wildman–Crippen LogP) is 1.33. The Kier molecular flexibility index (Phi) is 6.03. The van der Waals surface area contributed by atoms with E-state index < -0.39 is 21.8 Å². The lowest BCUT2D eigenvalue weighted by molar-refractivity contribution is -0.145. The molecule has 0 amide bonds. The minimum absolute atomic E-state index is 0.119. The van der Waals surface area contributed by atoms with Gasteiger partial charge < -0.3 is 13.8 Å². The van der Waals surface area contributed by atoms with Crippen LogP contribution in [0.5, 0.6) is 0 Å². The Bertz CT molecular complexity index is 1090. The second-order valence-electron chi connectivity index (χ2n) is 6.07. The number of nitrogens with one attached hydrogen (secondary N) is 1. The van der Waals surface area contributed by atoms with Crippen molar-refractivity contribution in [3.05, 3.63) is 47.9 Å². The number of ether oxygens (including phenoxy) is 1. The molecule has 2 heterocycles. The number of imidazole rings is 1. The van der Waals surface area contributed by atoms with E-state index in [2.05, 4.69) is 19.8 Å². The summed E-state index contributed by atoms with van der Waals surface area (Å²) in [6, 6.07) is 5.47. The maximum atomic E-state index is 12.9. The van der Waals surface area contributed by atoms with Gasteiger partial charge in [-0.05, 0) is 31.2 Å². The average molecular weight is 423 g/mol. The molecule has 0 aliphatic heterocycles. The minimum Gasteiger partial charge on any atom is -0.457 e. The molecule has 0 atom stereocenters. The van der Waals surface area contributed by atoms with Crippen molar-refractivity contribution < 1.29 is 26.9 Å². The molecule has 29 heavy (non-hydrogen) atoms. The van der Waals surface area contributed by atoms with Gasteiger partial charge >= 0.3 is 5.97 Å². The number of halogens is 1. The van der Waals surface area contributed by atoms with Crippen LogP contribution in [0, 0.1) is 12.7 Å². The van der Waals surface area contributed by atoms with Crippen LogP contribution in [0.15, 0.2) is 40.0 Å². The first kappa shape index (κ1) is 20.6. The van der Waals surface area contributed by atoms with Gasteiger partial charge in [0.2, 0.25) is 5.82 Å². The summed E-state index contributed by atoms with van der Waals surface area (Å²) in [7, 11) is -2.13. The third kappa shape index (κ3) is 5.23. The summed E-state index contributed by atoms with van der Waals surface area (Å²) < 4.78 is 51.1. The smallest absolute Gasteiger partial charge is 0.307 e. The molecule has 3 rings (SSSR count). The summed E-state index contributed by atoms with van der Waals surface area (Å²) in [6.45, 7) is 1.29. The van der Waals surface area contributed by atoms with E-state index in [1.807, 2.05) is 0 Å². The number of carbonyl (C=O) groups is 1. The van der Waals surface area contributed by atoms with Crippen LogP contribution in [-0.2, 0) is 33.2 Å². The fourth-order valence-corrected chi connectivity index (χ4v) is 3.32. The number of nitrogens with zero attached hydrogens (tertiary/aromatic N) is 4. The number of esters is 1. The maximum Gasteiger partial charge on any atom is 0.307 e. The van der Waals surface area contributed by atoms with Gasteiger partial charge in [-0.25, -0.2) is 22.5 Å². The summed E-state index contributed by atoms with van der Waals surface area (Å²) in [6.07, 6.45) is 1.19. The first-order valence-corrected chi connectivity index (χ1v) is 9.97. The summed E-state index contributed by atoms with van der Waals surface area (Å²) in [5.74, 6) is -0.198. The molecule has 0 spiro atoms. The van der Waals surface area contributed by atoms with Crippen molar-refractivity contribution in [2.75, 3.05) is 6.54 Å². The van der Waals surface area contributed by atoms with E-state index >= 15 is 0 Å². The molecule has 1 N–H and O–H groups in total. The second kappa shape index (κ2) is 8.49. The second-order valence-corrected chi connectivity index (χ2v) is 7.78. The zero-order valence-corrected chi connectivity index (χ0v) is 16.4. The van der Waals surface area contributed by atoms with E-state index in [9.17, 15) is 17.6 Å². The monoisotopic (exact) mass is 423 g/mol. The van der Waals surface area contributed by atoms with Gasteiger partial charge in [0.05, 0.1) is 6.42 Å². The Morgan fingerprint density at radius 2 is 2.00 bits per heavy atom. The third-order valence-electron chi connectivity index (χ3n) is 3.90. The molecule has 0 bridgehead atoms. The lowest BCUT2D eigenvalue weighted by atomic mass is 10.2. The van der Waals surface area contributed by atoms with Crippen molar-refractivity contribution in [1.29, 1.82) is 0 Å². The number of rotatable bonds is 8. The number of aryl methyl sites for hydroxylation is 2. The molecule has 0 aliphatic rings. The van der Waals surface area contributed by atoms with Crippen LogP contribution in [0.3, 0.4) is 0 Å². The fraction of sp³-hybridized carbons (Fsp3) is 0.294. The number of sulfonamides is 1. The molecule has 0 saturated carbocycles. The summed E-state index contributed by atoms with van der Waals surface area (Å²) in [5, 5.41) is 3.56. The molecule has 0 saturated heterocycles. The molecular formula is C17H18FN5O5S. The van der Waals surface area contributed by atoms with E-state index in [4.69, 9.17) is 9.26 Å². The molecule has 0 fully saturated rings. The molecule has 12 heteroatoms. The Morgan fingerprint density at radius 1 is 1.28 bits per heavy atom. The lowest BCUT2D eigenvalue weighted by Crippen LogP contribution is -2.27. The molecule has 154 valence electrons. The summed E-state index contributed by atoms with van der Waals surface area (Å²) >= 11 is 0. The largest absolute Gasteiger partial charge is 0.457 e. The van der Waals surface area contributed by atoms with Gasteiger partial charge in [0.25, 0.3) is 15.9 Å². The van der Waals surface area contributed by atoms with Crippen molar-refractivity contribution in [1.82, 2.24) is 24.4 Å². The van der Waals surface area contributed by atoms with Crippen LogP contribution in [0.4, 0.5) is 4.39 Å². The number of aromatic nitrogens is 4. The normalized spacial score (nSPS) is 11.6. The molecule has 0 unspecified atom stereocenters. The highest BCUT2D eigenvalue weighted by Crippen LogP contribution is 2.17. The van der Waals surface area contributed by atoms with Crippen LogP contribution in [0.25, 0.3) is 11.5 Å². The predicted molar refractivity (Wildman–Crippen MR) is 97.2 cm³/mol. The van der Waals surface area contributed by atoms with Crippen molar-refractivity contribution in [3.63, 3.8) is 0 Å². The summed E-state index contributed by atoms with van der Waals surface area (Å²) in [4.78, 5) is 19.8. The number of benzene rings is 1. The Balaban J connectivity index is 1.46. The first-order chi connectivity index (χ1) is 13.7. The van der Waals surface area contributed by atoms with Crippen LogP contribution >= 0.6 is 0 Å². The number of carbonyl (C=O) groups excluding carboxylic acids is 1. The number of hydrogen-bond acceptors (Lipinski definition) is 8. The Hall–Kier alpha value is -3.12. The van der Waals surface area contributed by atoms with Crippen LogP contribution in [0.1, 0.15) is 18.1 Å². The van der Waals surface area contributed by atoms with E-state index in [0.29, 0.717) is 11.4 Å². The molecule has 10 nitrogen and oxygen atoms in total. The minimum atomic E-state index is -3.81. The average Bonchev–Trinajstić information content (AvgIpc) is 3.28. The standard InChI is InChI=1S/C17H18FN5O5S/c1-11-20-15(9-23(11)2)29(25,26)19-8-7-16(24)27-10-14-21-17(28-22-14)12-3-5-13(18)6-4-12/h3-6,9,19H,7-8,10H2,1-2H3. The van der Waals surface area contributed by atoms with Crippen molar-refractivity contribution in [2.45, 2.75) is 25.0 Å². The molecule has 3 aromatic rings. The lowest BCUT2D eigenvalue weighted by Gasteiger charge is -2.04. The SMILES string of the molecule is Cc1nc(S(=O)(=O)NCCC(=O)OCc2noc(-c3ccc(F)cc3)n2)cn1C. The Labute approximate surface area is 165 Å². The highest BCUT2D eigenvalue weighted by molar-refractivity contribution is 7.89. The van der Waals surface area contributed by atoms with E-state index in [1.54, 1.807) is 18.5 Å². The van der Waals surface area contributed by atoms with Gasteiger partial charge in [0, 0.05) is 25.4 Å². The van der Waals surface area contributed by atoms with Gasteiger partial charge in [-0.15, -0.1) is 0 Å². The van der Waals surface area contributed by atoms with Crippen molar-refractivity contribution in [3.8, 4) is 11.5 Å². The molecule has 0 aliphatic carbocycles. The van der Waals surface area contributed by atoms with Gasteiger partial charge in [-0.2, -0.15) is 4.98 Å². The molecule has 1 aromatic carbocycles. The molecule has 0 radical (unpaired) electrons. The zero-order valence-electron chi connectivity index (χ0n) is 15.6. The molecule has 2 aromatic heterocycles. The Morgan fingerprint density at radius 3 is 2.66 bits per heavy atom. The van der Waals surface area contributed by atoms with E-state index in [0.717, 1.165) is 0 Å². The van der Waals surface area contributed by atoms with Crippen LogP contribution in [-0.4, -0.2) is 40.6 Å². The van der Waals surface area contributed by atoms with Gasteiger partial charge in [0.15, 0.2) is 11.6 Å². The van der Waals surface area contributed by atoms with Gasteiger partial charge in [-0.1, -0.05) is 5.16 Å². The summed E-state index contributed by atoms with van der Waals surface area (Å²) in [5.41, 5.74) is 0.524. The maximum absolute atomic E-state index is 12.9. The van der Waals surface area contributed by atoms with Crippen molar-refractivity contribution in [2.24, 2.45) is 7.05 Å². The van der Waals surface area contributed by atoms with Crippen LogP contribution in [0.2, 0.25) is 0 Å². The highest BCUT2D eigenvalue weighted by atomic mass is 32.2. The van der Waals surface area contributed by atoms with Gasteiger partial charge in [-0.3, -0.25) is 4.79 Å². The van der Waals surface area contributed by atoms with Gasteiger partial charge in [0.1, 0.15) is 11.6 Å². The highest BCUT2D eigenvalue weighted by Gasteiger charge is 2.19. The van der Waals surface area contributed by atoms with E-state index in [-0.39, 0.29) is 36.3 Å².